The van der Waals surface area contributed by atoms with Crippen molar-refractivity contribution in [2.24, 2.45) is 0 Å². The van der Waals surface area contributed by atoms with Gasteiger partial charge >= 0.3 is 0 Å². The molecule has 3 rings (SSSR count). The Balaban J connectivity index is 1.64. The number of hydrogen-bond donors (Lipinski definition) is 1. The number of rotatable bonds is 5. The molecule has 0 amide bonds. The van der Waals surface area contributed by atoms with Crippen molar-refractivity contribution in [3.05, 3.63) is 42.0 Å². The highest BCUT2D eigenvalue weighted by Crippen LogP contribution is 2.39. The maximum absolute atomic E-state index is 10.4. The fraction of sp³-hybridized carbons (Fsp3) is 0.444. The van der Waals surface area contributed by atoms with E-state index in [4.69, 9.17) is 9.47 Å². The minimum atomic E-state index is 0.162. The van der Waals surface area contributed by atoms with E-state index in [0.29, 0.717) is 24.0 Å². The predicted octanol–water partition coefficient (Wildman–Crippen LogP) is 2.58. The largest absolute Gasteiger partial charge is 0.504 e. The van der Waals surface area contributed by atoms with Crippen LogP contribution in [0.2, 0.25) is 0 Å². The molecule has 1 aromatic heterocycles. The molecule has 0 aliphatic carbocycles. The first-order chi connectivity index (χ1) is 11.7. The van der Waals surface area contributed by atoms with Gasteiger partial charge in [0.2, 0.25) is 5.75 Å². The number of piperidine rings is 1. The molecule has 1 aromatic carbocycles. The average Bonchev–Trinajstić information content (AvgIpc) is 2.64. The number of ether oxygens (including phenoxy) is 2. The number of phenols is 1. The minimum Gasteiger partial charge on any atom is -0.504 e. The number of nitrogens with zero attached hydrogens (tertiary/aromatic N) is 3. The molecule has 1 N–H and O–H groups in total. The molecule has 0 spiro atoms. The van der Waals surface area contributed by atoms with Crippen molar-refractivity contribution in [3.63, 3.8) is 0 Å². The molecule has 2 aromatic rings. The monoisotopic (exact) mass is 329 g/mol. The summed E-state index contributed by atoms with van der Waals surface area (Å²) in [5, 5.41) is 10.4. The Bertz CT molecular complexity index is 671. The summed E-state index contributed by atoms with van der Waals surface area (Å²) in [4.78, 5) is 10.7. The van der Waals surface area contributed by atoms with E-state index >= 15 is 0 Å². The SMILES string of the molecule is COc1ccc(CN2CCC(c3ccncn3)CC2)c(O)c1OC. The van der Waals surface area contributed by atoms with E-state index in [-0.39, 0.29) is 5.75 Å². The quantitative estimate of drug-likeness (QED) is 0.909. The summed E-state index contributed by atoms with van der Waals surface area (Å²) in [6, 6.07) is 5.73. The highest BCUT2D eigenvalue weighted by atomic mass is 16.5. The van der Waals surface area contributed by atoms with E-state index in [1.54, 1.807) is 19.6 Å². The minimum absolute atomic E-state index is 0.162. The Morgan fingerprint density at radius 1 is 1.17 bits per heavy atom. The second kappa shape index (κ2) is 7.49. The van der Waals surface area contributed by atoms with Gasteiger partial charge in [-0.15, -0.1) is 0 Å². The van der Waals surface area contributed by atoms with Gasteiger partial charge in [-0.1, -0.05) is 6.07 Å². The smallest absolute Gasteiger partial charge is 0.203 e. The van der Waals surface area contributed by atoms with Gasteiger partial charge in [-0.25, -0.2) is 9.97 Å². The summed E-state index contributed by atoms with van der Waals surface area (Å²) in [7, 11) is 3.10. The molecule has 6 nitrogen and oxygen atoms in total. The standard InChI is InChI=1S/C18H23N3O3/c1-23-16-4-3-14(17(22)18(16)24-2)11-21-9-6-13(7-10-21)15-5-8-19-12-20-15/h3-5,8,12-13,22H,6-7,9-11H2,1-2H3. The lowest BCUT2D eigenvalue weighted by Gasteiger charge is -2.31. The average molecular weight is 329 g/mol. The van der Waals surface area contributed by atoms with Gasteiger partial charge in [0.05, 0.1) is 14.2 Å². The predicted molar refractivity (Wildman–Crippen MR) is 90.5 cm³/mol. The zero-order valence-electron chi connectivity index (χ0n) is 14.1. The molecule has 1 aliphatic rings. The highest BCUT2D eigenvalue weighted by Gasteiger charge is 2.23. The van der Waals surface area contributed by atoms with Crippen LogP contribution in [0.1, 0.15) is 30.0 Å². The van der Waals surface area contributed by atoms with Crippen molar-refractivity contribution in [2.75, 3.05) is 27.3 Å². The Hall–Kier alpha value is -2.34. The van der Waals surface area contributed by atoms with Gasteiger partial charge < -0.3 is 14.6 Å². The highest BCUT2D eigenvalue weighted by molar-refractivity contribution is 5.54. The summed E-state index contributed by atoms with van der Waals surface area (Å²) in [6.45, 7) is 2.65. The van der Waals surface area contributed by atoms with Crippen LogP contribution in [0.3, 0.4) is 0 Å². The Morgan fingerprint density at radius 2 is 1.96 bits per heavy atom. The molecule has 6 heteroatoms. The van der Waals surface area contributed by atoms with Gasteiger partial charge in [-0.2, -0.15) is 0 Å². The van der Waals surface area contributed by atoms with Crippen LogP contribution in [0.4, 0.5) is 0 Å². The fourth-order valence-electron chi connectivity index (χ4n) is 3.25. The molecule has 1 saturated heterocycles. The second-order valence-corrected chi connectivity index (χ2v) is 5.99. The van der Waals surface area contributed by atoms with E-state index in [2.05, 4.69) is 14.9 Å². The molecular formula is C18H23N3O3. The van der Waals surface area contributed by atoms with Crippen LogP contribution < -0.4 is 9.47 Å². The van der Waals surface area contributed by atoms with Gasteiger partial charge in [0.25, 0.3) is 0 Å². The van der Waals surface area contributed by atoms with Crippen molar-refractivity contribution in [3.8, 4) is 17.2 Å². The van der Waals surface area contributed by atoms with Crippen LogP contribution in [-0.2, 0) is 6.54 Å². The fourth-order valence-corrected chi connectivity index (χ4v) is 3.25. The first kappa shape index (κ1) is 16.5. The van der Waals surface area contributed by atoms with E-state index in [1.165, 1.54) is 7.11 Å². The van der Waals surface area contributed by atoms with Crippen LogP contribution in [0.15, 0.2) is 30.7 Å². The molecule has 1 aliphatic heterocycles. The molecule has 2 heterocycles. The Labute approximate surface area is 142 Å². The van der Waals surface area contributed by atoms with E-state index in [1.807, 2.05) is 18.2 Å². The molecule has 1 fully saturated rings. The molecule has 128 valence electrons. The van der Waals surface area contributed by atoms with Crippen LogP contribution >= 0.6 is 0 Å². The van der Waals surface area contributed by atoms with E-state index < -0.39 is 0 Å². The van der Waals surface area contributed by atoms with Crippen LogP contribution in [-0.4, -0.2) is 47.3 Å². The Morgan fingerprint density at radius 3 is 2.58 bits per heavy atom. The number of phenolic OH excluding ortho intramolecular Hbond substituents is 1. The number of aromatic hydroxyl groups is 1. The molecule has 0 unspecified atom stereocenters. The maximum Gasteiger partial charge on any atom is 0.203 e. The molecule has 0 atom stereocenters. The van der Waals surface area contributed by atoms with Gasteiger partial charge in [0, 0.05) is 29.9 Å². The van der Waals surface area contributed by atoms with Crippen LogP contribution in [0, 0.1) is 0 Å². The number of aromatic nitrogens is 2. The van der Waals surface area contributed by atoms with Crippen LogP contribution in [0.25, 0.3) is 0 Å². The molecular weight excluding hydrogens is 306 g/mol. The zero-order valence-corrected chi connectivity index (χ0v) is 14.1. The first-order valence-corrected chi connectivity index (χ1v) is 8.14. The summed E-state index contributed by atoms with van der Waals surface area (Å²) in [5.41, 5.74) is 1.98. The molecule has 24 heavy (non-hydrogen) atoms. The van der Waals surface area contributed by atoms with Crippen molar-refractivity contribution in [1.82, 2.24) is 14.9 Å². The third kappa shape index (κ3) is 3.43. The summed E-state index contributed by atoms with van der Waals surface area (Å²) in [6.07, 6.45) is 5.54. The zero-order chi connectivity index (χ0) is 16.9. The van der Waals surface area contributed by atoms with Gasteiger partial charge in [0.1, 0.15) is 6.33 Å². The normalized spacial score (nSPS) is 16.1. The second-order valence-electron chi connectivity index (χ2n) is 5.99. The first-order valence-electron chi connectivity index (χ1n) is 8.14. The van der Waals surface area contributed by atoms with Crippen molar-refractivity contribution >= 4 is 0 Å². The molecule has 0 radical (unpaired) electrons. The van der Waals surface area contributed by atoms with Crippen molar-refractivity contribution in [2.45, 2.75) is 25.3 Å². The number of methoxy groups -OCH3 is 2. The third-order valence-electron chi connectivity index (χ3n) is 4.61. The maximum atomic E-state index is 10.4. The Kier molecular flexibility index (Phi) is 5.15. The van der Waals surface area contributed by atoms with Crippen LogP contribution in [0.5, 0.6) is 17.2 Å². The lowest BCUT2D eigenvalue weighted by molar-refractivity contribution is 0.200. The molecule has 0 saturated carbocycles. The van der Waals surface area contributed by atoms with E-state index in [9.17, 15) is 5.11 Å². The van der Waals surface area contributed by atoms with Crippen molar-refractivity contribution < 1.29 is 14.6 Å². The summed E-state index contributed by atoms with van der Waals surface area (Å²) < 4.78 is 10.5. The van der Waals surface area contributed by atoms with Gasteiger partial charge in [0.15, 0.2) is 11.5 Å². The van der Waals surface area contributed by atoms with Crippen molar-refractivity contribution in [1.29, 1.82) is 0 Å². The molecule has 0 bridgehead atoms. The topological polar surface area (TPSA) is 67.7 Å². The lowest BCUT2D eigenvalue weighted by atomic mass is 9.93. The van der Waals surface area contributed by atoms with Gasteiger partial charge in [-0.3, -0.25) is 4.90 Å². The number of likely N-dealkylation sites (tertiary alicyclic amines) is 1. The van der Waals surface area contributed by atoms with Gasteiger partial charge in [-0.05, 0) is 38.1 Å². The summed E-state index contributed by atoms with van der Waals surface area (Å²) in [5.74, 6) is 1.59. The number of benzene rings is 1. The summed E-state index contributed by atoms with van der Waals surface area (Å²) >= 11 is 0. The number of hydrogen-bond acceptors (Lipinski definition) is 6. The third-order valence-corrected chi connectivity index (χ3v) is 4.61. The van der Waals surface area contributed by atoms with E-state index in [0.717, 1.165) is 37.2 Å². The lowest BCUT2D eigenvalue weighted by Crippen LogP contribution is -2.32.